The third kappa shape index (κ3) is 5.06. The molecule has 1 amide bonds. The third-order valence-corrected chi connectivity index (χ3v) is 7.58. The summed E-state index contributed by atoms with van der Waals surface area (Å²) >= 11 is 0. The summed E-state index contributed by atoms with van der Waals surface area (Å²) in [5.41, 5.74) is 4.57. The molecule has 4 heteroatoms. The number of nitrogens with one attached hydrogen (secondary N) is 2. The van der Waals surface area contributed by atoms with Crippen molar-refractivity contribution in [1.82, 2.24) is 5.32 Å². The molecule has 2 N–H and O–H groups in total. The van der Waals surface area contributed by atoms with E-state index in [9.17, 15) is 4.79 Å². The Morgan fingerprint density at radius 1 is 0.788 bits per heavy atom. The topological polar surface area (TPSA) is 54.3 Å². The lowest BCUT2D eigenvalue weighted by molar-refractivity contribution is 0.0997. The van der Waals surface area contributed by atoms with Gasteiger partial charge >= 0.3 is 0 Å². The van der Waals surface area contributed by atoms with E-state index in [2.05, 4.69) is 47.0 Å². The Kier molecular flexibility index (Phi) is 6.63. The van der Waals surface area contributed by atoms with E-state index in [4.69, 9.17) is 4.42 Å². The van der Waals surface area contributed by atoms with E-state index in [0.717, 1.165) is 17.0 Å². The van der Waals surface area contributed by atoms with E-state index in [1.54, 1.807) is 6.07 Å². The van der Waals surface area contributed by atoms with Crippen LogP contribution >= 0.6 is 0 Å². The molecule has 33 heavy (non-hydrogen) atoms. The van der Waals surface area contributed by atoms with Gasteiger partial charge in [-0.05, 0) is 86.4 Å². The van der Waals surface area contributed by atoms with Crippen molar-refractivity contribution in [3.8, 4) is 11.3 Å². The van der Waals surface area contributed by atoms with Crippen molar-refractivity contribution in [3.63, 3.8) is 0 Å². The summed E-state index contributed by atoms with van der Waals surface area (Å²) < 4.78 is 5.90. The van der Waals surface area contributed by atoms with Crippen molar-refractivity contribution in [1.29, 1.82) is 0 Å². The first-order chi connectivity index (χ1) is 16.2. The van der Waals surface area contributed by atoms with Crippen LogP contribution in [0.1, 0.15) is 84.9 Å². The summed E-state index contributed by atoms with van der Waals surface area (Å²) in [5, 5.41) is 6.35. The van der Waals surface area contributed by atoms with Gasteiger partial charge in [-0.15, -0.1) is 0 Å². The van der Waals surface area contributed by atoms with Gasteiger partial charge in [-0.1, -0.05) is 55.7 Å². The van der Waals surface area contributed by atoms with Gasteiger partial charge in [0, 0.05) is 17.3 Å². The molecule has 2 aliphatic carbocycles. The summed E-state index contributed by atoms with van der Waals surface area (Å²) in [7, 11) is 2.04. The summed E-state index contributed by atoms with van der Waals surface area (Å²) in [6.07, 6.45) is 10.3. The van der Waals surface area contributed by atoms with Crippen LogP contribution in [0.3, 0.4) is 0 Å². The molecule has 1 aromatic heterocycles. The highest BCUT2D eigenvalue weighted by atomic mass is 16.3. The van der Waals surface area contributed by atoms with Crippen molar-refractivity contribution >= 4 is 11.6 Å². The smallest absolute Gasteiger partial charge is 0.291 e. The van der Waals surface area contributed by atoms with E-state index >= 15 is 0 Å². The zero-order chi connectivity index (χ0) is 22.6. The number of amides is 1. The zero-order valence-corrected chi connectivity index (χ0v) is 19.5. The standard InChI is InChI=1S/C29H34N2O2/c1-30-26-16-13-24(19-26)22-11-14-25(15-12-22)31-29(32)28-18-17-27(33-28)23-9-7-21(8-10-23)20-5-3-2-4-6-20/h7-12,14-15,17-18,20,24,26,30H,2-6,13,16,19H2,1H3,(H,31,32). The van der Waals surface area contributed by atoms with Gasteiger partial charge in [0.15, 0.2) is 5.76 Å². The monoisotopic (exact) mass is 442 g/mol. The fraction of sp³-hybridized carbons (Fsp3) is 0.414. The zero-order valence-electron chi connectivity index (χ0n) is 19.5. The first-order valence-corrected chi connectivity index (χ1v) is 12.5. The Labute approximate surface area is 196 Å². The molecule has 0 aliphatic heterocycles. The minimum Gasteiger partial charge on any atom is -0.451 e. The third-order valence-electron chi connectivity index (χ3n) is 7.58. The SMILES string of the molecule is CNC1CCC(c2ccc(NC(=O)c3ccc(-c4ccc(C5CCCCC5)cc4)o3)cc2)C1. The second kappa shape index (κ2) is 9.96. The molecular formula is C29H34N2O2. The van der Waals surface area contributed by atoms with Crippen molar-refractivity contribution in [2.45, 2.75) is 69.2 Å². The van der Waals surface area contributed by atoms with Gasteiger partial charge in [-0.25, -0.2) is 0 Å². The van der Waals surface area contributed by atoms with Gasteiger partial charge in [0.05, 0.1) is 0 Å². The molecule has 2 aromatic carbocycles. The number of anilines is 1. The fourth-order valence-corrected chi connectivity index (χ4v) is 5.55. The maximum absolute atomic E-state index is 12.7. The number of carbonyl (C=O) groups is 1. The van der Waals surface area contributed by atoms with Crippen molar-refractivity contribution in [3.05, 3.63) is 77.6 Å². The van der Waals surface area contributed by atoms with Crippen LogP contribution in [0.25, 0.3) is 11.3 Å². The summed E-state index contributed by atoms with van der Waals surface area (Å²) in [4.78, 5) is 12.7. The molecule has 2 fully saturated rings. The number of rotatable bonds is 6. The normalized spacial score (nSPS) is 21.2. The summed E-state index contributed by atoms with van der Waals surface area (Å²) in [6, 6.07) is 21.2. The molecule has 2 atom stereocenters. The van der Waals surface area contributed by atoms with Gasteiger partial charge in [0.2, 0.25) is 0 Å². The van der Waals surface area contributed by atoms with E-state index in [0.29, 0.717) is 23.6 Å². The van der Waals surface area contributed by atoms with Crippen LogP contribution < -0.4 is 10.6 Å². The number of hydrogen-bond donors (Lipinski definition) is 2. The molecule has 2 saturated carbocycles. The minimum atomic E-state index is -0.219. The predicted octanol–water partition coefficient (Wildman–Crippen LogP) is 7.10. The van der Waals surface area contributed by atoms with Crippen LogP contribution in [0.15, 0.2) is 65.1 Å². The first kappa shape index (κ1) is 22.0. The molecular weight excluding hydrogens is 408 g/mol. The molecule has 0 saturated heterocycles. The highest BCUT2D eigenvalue weighted by Gasteiger charge is 2.24. The van der Waals surface area contributed by atoms with E-state index < -0.39 is 0 Å². The fourth-order valence-electron chi connectivity index (χ4n) is 5.55. The average molecular weight is 443 g/mol. The van der Waals surface area contributed by atoms with Crippen molar-refractivity contribution < 1.29 is 9.21 Å². The lowest BCUT2D eigenvalue weighted by Gasteiger charge is -2.21. The Bertz CT molecular complexity index is 1060. The quantitative estimate of drug-likeness (QED) is 0.428. The van der Waals surface area contributed by atoms with Gasteiger partial charge in [0.25, 0.3) is 5.91 Å². The lowest BCUT2D eigenvalue weighted by Crippen LogP contribution is -2.21. The van der Waals surface area contributed by atoms with Crippen LogP contribution in [0, 0.1) is 0 Å². The molecule has 5 rings (SSSR count). The number of carbonyl (C=O) groups excluding carboxylic acids is 1. The van der Waals surface area contributed by atoms with E-state index in [-0.39, 0.29) is 5.91 Å². The van der Waals surface area contributed by atoms with Crippen LogP contribution in [0.5, 0.6) is 0 Å². The van der Waals surface area contributed by atoms with E-state index in [1.165, 1.54) is 62.5 Å². The lowest BCUT2D eigenvalue weighted by atomic mass is 9.84. The first-order valence-electron chi connectivity index (χ1n) is 12.5. The van der Waals surface area contributed by atoms with Gasteiger partial charge in [0.1, 0.15) is 5.76 Å². The van der Waals surface area contributed by atoms with Gasteiger partial charge in [-0.3, -0.25) is 4.79 Å². The Morgan fingerprint density at radius 2 is 1.48 bits per heavy atom. The molecule has 4 nitrogen and oxygen atoms in total. The molecule has 172 valence electrons. The number of benzene rings is 2. The average Bonchev–Trinajstić information content (AvgIpc) is 3.56. The molecule has 1 heterocycles. The molecule has 2 unspecified atom stereocenters. The minimum absolute atomic E-state index is 0.219. The van der Waals surface area contributed by atoms with Crippen molar-refractivity contribution in [2.24, 2.45) is 0 Å². The maximum Gasteiger partial charge on any atom is 0.291 e. The molecule has 0 bridgehead atoms. The van der Waals surface area contributed by atoms with Gasteiger partial charge in [-0.2, -0.15) is 0 Å². The van der Waals surface area contributed by atoms with Crippen molar-refractivity contribution in [2.75, 3.05) is 12.4 Å². The Morgan fingerprint density at radius 3 is 2.18 bits per heavy atom. The molecule has 0 radical (unpaired) electrons. The molecule has 3 aromatic rings. The van der Waals surface area contributed by atoms with E-state index in [1.807, 2.05) is 25.2 Å². The van der Waals surface area contributed by atoms with Crippen LogP contribution in [-0.2, 0) is 0 Å². The Hall–Kier alpha value is -2.85. The number of hydrogen-bond acceptors (Lipinski definition) is 3. The molecule has 2 aliphatic rings. The largest absolute Gasteiger partial charge is 0.451 e. The highest BCUT2D eigenvalue weighted by molar-refractivity contribution is 6.02. The summed E-state index contributed by atoms with van der Waals surface area (Å²) in [6.45, 7) is 0. The Balaban J connectivity index is 1.20. The predicted molar refractivity (Wildman–Crippen MR) is 134 cm³/mol. The van der Waals surface area contributed by atoms with Crippen LogP contribution in [0.4, 0.5) is 5.69 Å². The summed E-state index contributed by atoms with van der Waals surface area (Å²) in [5.74, 6) is 2.13. The van der Waals surface area contributed by atoms with Crippen LogP contribution in [0.2, 0.25) is 0 Å². The second-order valence-corrected chi connectivity index (χ2v) is 9.69. The number of furan rings is 1. The van der Waals surface area contributed by atoms with Gasteiger partial charge < -0.3 is 15.1 Å². The maximum atomic E-state index is 12.7. The molecule has 0 spiro atoms. The van der Waals surface area contributed by atoms with Crippen LogP contribution in [-0.4, -0.2) is 19.0 Å². The highest BCUT2D eigenvalue weighted by Crippen LogP contribution is 2.35. The second-order valence-electron chi connectivity index (χ2n) is 9.69.